The summed E-state index contributed by atoms with van der Waals surface area (Å²) < 4.78 is 0.871. The van der Waals surface area contributed by atoms with E-state index < -0.39 is 5.91 Å². The Hall–Kier alpha value is -1.53. The molecule has 0 radical (unpaired) electrons. The fourth-order valence-electron chi connectivity index (χ4n) is 1.30. The summed E-state index contributed by atoms with van der Waals surface area (Å²) in [5.41, 5.74) is 13.0. The number of anilines is 1. The van der Waals surface area contributed by atoms with Crippen LogP contribution in [0.2, 0.25) is 0 Å². The number of primary amides is 1. The number of nitrogen functional groups attached to an aromatic ring is 1. The van der Waals surface area contributed by atoms with E-state index in [1.165, 1.54) is 23.1 Å². The first-order valence-electron chi connectivity index (χ1n) is 4.85. The predicted octanol–water partition coefficient (Wildman–Crippen LogP) is 2.28. The van der Waals surface area contributed by atoms with Crippen LogP contribution in [0, 0.1) is 6.92 Å². The Kier molecular flexibility index (Phi) is 3.35. The quantitative estimate of drug-likeness (QED) is 0.834. The zero-order chi connectivity index (χ0) is 12.4. The van der Waals surface area contributed by atoms with Crippen molar-refractivity contribution in [3.63, 3.8) is 0 Å². The molecule has 1 aromatic carbocycles. The van der Waals surface area contributed by atoms with E-state index in [9.17, 15) is 4.79 Å². The van der Waals surface area contributed by atoms with Crippen molar-refractivity contribution in [2.75, 3.05) is 5.73 Å². The molecule has 2 rings (SSSR count). The number of hydrogen-bond acceptors (Lipinski definition) is 5. The Morgan fingerprint density at radius 3 is 2.82 bits per heavy atom. The highest BCUT2D eigenvalue weighted by molar-refractivity contribution is 8.01. The van der Waals surface area contributed by atoms with Gasteiger partial charge in [-0.25, -0.2) is 4.98 Å². The minimum Gasteiger partial charge on any atom is -0.399 e. The minimum atomic E-state index is -0.458. The van der Waals surface area contributed by atoms with Gasteiger partial charge in [0.15, 0.2) is 4.34 Å². The van der Waals surface area contributed by atoms with Crippen molar-refractivity contribution < 1.29 is 4.79 Å². The van der Waals surface area contributed by atoms with Crippen LogP contribution in [-0.2, 0) is 0 Å². The van der Waals surface area contributed by atoms with Crippen LogP contribution < -0.4 is 11.5 Å². The van der Waals surface area contributed by atoms with Crippen molar-refractivity contribution in [2.45, 2.75) is 16.2 Å². The summed E-state index contributed by atoms with van der Waals surface area (Å²) in [5.74, 6) is -0.458. The summed E-state index contributed by atoms with van der Waals surface area (Å²) in [7, 11) is 0. The van der Waals surface area contributed by atoms with Gasteiger partial charge >= 0.3 is 0 Å². The molecule has 0 spiro atoms. The average Bonchev–Trinajstić information content (AvgIpc) is 2.63. The van der Waals surface area contributed by atoms with Crippen LogP contribution in [0.5, 0.6) is 0 Å². The van der Waals surface area contributed by atoms with Crippen LogP contribution in [0.4, 0.5) is 5.69 Å². The smallest absolute Gasteiger partial charge is 0.249 e. The predicted molar refractivity (Wildman–Crippen MR) is 70.3 cm³/mol. The summed E-state index contributed by atoms with van der Waals surface area (Å²) in [6, 6.07) is 5.04. The van der Waals surface area contributed by atoms with Gasteiger partial charge in [0.05, 0.1) is 5.56 Å². The van der Waals surface area contributed by atoms with Crippen molar-refractivity contribution in [3.05, 3.63) is 34.8 Å². The van der Waals surface area contributed by atoms with Gasteiger partial charge in [0.2, 0.25) is 5.91 Å². The summed E-state index contributed by atoms with van der Waals surface area (Å²) in [5, 5.41) is 1.96. The molecule has 4 N–H and O–H groups in total. The van der Waals surface area contributed by atoms with E-state index in [-0.39, 0.29) is 0 Å². The lowest BCUT2D eigenvalue weighted by atomic mass is 10.2. The van der Waals surface area contributed by atoms with E-state index in [1.54, 1.807) is 18.2 Å². The van der Waals surface area contributed by atoms with Gasteiger partial charge in [0.25, 0.3) is 0 Å². The molecule has 0 atom stereocenters. The first-order chi connectivity index (χ1) is 8.06. The number of carbonyl (C=O) groups is 1. The molecule has 88 valence electrons. The SMILES string of the molecule is Cc1csc(Sc2cc(N)ccc2C(N)=O)n1. The van der Waals surface area contributed by atoms with Crippen LogP contribution in [0.3, 0.4) is 0 Å². The number of amides is 1. The molecule has 0 aliphatic heterocycles. The molecular weight excluding hydrogens is 254 g/mol. The molecule has 17 heavy (non-hydrogen) atoms. The fraction of sp³-hybridized carbons (Fsp3) is 0.0909. The summed E-state index contributed by atoms with van der Waals surface area (Å²) >= 11 is 2.93. The number of carbonyl (C=O) groups excluding carboxylic acids is 1. The Labute approximate surface area is 107 Å². The average molecular weight is 265 g/mol. The van der Waals surface area contributed by atoms with Crippen LogP contribution >= 0.6 is 23.1 Å². The topological polar surface area (TPSA) is 82.0 Å². The minimum absolute atomic E-state index is 0.458. The Bertz CT molecular complexity index is 566. The third-order valence-electron chi connectivity index (χ3n) is 2.07. The first kappa shape index (κ1) is 11.9. The Morgan fingerprint density at radius 2 is 2.24 bits per heavy atom. The van der Waals surface area contributed by atoms with Crippen LogP contribution in [0.25, 0.3) is 0 Å². The highest BCUT2D eigenvalue weighted by Gasteiger charge is 2.11. The van der Waals surface area contributed by atoms with Crippen molar-refractivity contribution in [3.8, 4) is 0 Å². The largest absolute Gasteiger partial charge is 0.399 e. The van der Waals surface area contributed by atoms with Gasteiger partial charge in [-0.3, -0.25) is 4.79 Å². The van der Waals surface area contributed by atoms with Gasteiger partial charge in [-0.1, -0.05) is 11.8 Å². The van der Waals surface area contributed by atoms with E-state index in [0.29, 0.717) is 11.3 Å². The van der Waals surface area contributed by atoms with Crippen molar-refractivity contribution in [2.24, 2.45) is 5.73 Å². The van der Waals surface area contributed by atoms with Crippen LogP contribution in [-0.4, -0.2) is 10.9 Å². The zero-order valence-corrected chi connectivity index (χ0v) is 10.8. The second-order valence-corrected chi connectivity index (χ2v) is 5.62. The molecule has 6 heteroatoms. The monoisotopic (exact) mass is 265 g/mol. The standard InChI is InChI=1S/C11H11N3OS2/c1-6-5-16-11(14-6)17-9-4-7(12)2-3-8(9)10(13)15/h2-5H,12H2,1H3,(H2,13,15). The summed E-state index contributed by atoms with van der Waals surface area (Å²) in [6.45, 7) is 1.93. The third-order valence-corrected chi connectivity index (χ3v) is 4.18. The molecule has 0 unspecified atom stereocenters. The molecule has 4 nitrogen and oxygen atoms in total. The molecule has 1 aromatic heterocycles. The second-order valence-electron chi connectivity index (χ2n) is 3.48. The van der Waals surface area contributed by atoms with E-state index >= 15 is 0 Å². The van der Waals surface area contributed by atoms with E-state index in [4.69, 9.17) is 11.5 Å². The maximum Gasteiger partial charge on any atom is 0.249 e. The summed E-state index contributed by atoms with van der Waals surface area (Å²) in [4.78, 5) is 16.3. The number of nitrogens with two attached hydrogens (primary N) is 2. The van der Waals surface area contributed by atoms with Crippen LogP contribution in [0.15, 0.2) is 32.8 Å². The number of aryl methyl sites for hydroxylation is 1. The van der Waals surface area contributed by atoms with Gasteiger partial charge in [-0.2, -0.15) is 0 Å². The highest BCUT2D eigenvalue weighted by atomic mass is 32.2. The summed E-state index contributed by atoms with van der Waals surface area (Å²) in [6.07, 6.45) is 0. The van der Waals surface area contributed by atoms with Gasteiger partial charge < -0.3 is 11.5 Å². The van der Waals surface area contributed by atoms with E-state index in [0.717, 1.165) is 14.9 Å². The van der Waals surface area contributed by atoms with E-state index in [1.807, 2.05) is 12.3 Å². The maximum absolute atomic E-state index is 11.3. The lowest BCUT2D eigenvalue weighted by molar-refractivity contribution is 0.0997. The molecule has 2 aromatic rings. The number of thiazole rings is 1. The highest BCUT2D eigenvalue weighted by Crippen LogP contribution is 2.33. The lowest BCUT2D eigenvalue weighted by Gasteiger charge is -2.05. The molecule has 0 saturated heterocycles. The maximum atomic E-state index is 11.3. The van der Waals surface area contributed by atoms with Gasteiger partial charge in [-0.15, -0.1) is 11.3 Å². The van der Waals surface area contributed by atoms with E-state index in [2.05, 4.69) is 4.98 Å². The number of rotatable bonds is 3. The molecular formula is C11H11N3OS2. The Morgan fingerprint density at radius 1 is 1.47 bits per heavy atom. The molecule has 0 saturated carbocycles. The molecule has 0 bridgehead atoms. The Balaban J connectivity index is 2.37. The zero-order valence-electron chi connectivity index (χ0n) is 9.14. The molecule has 0 aliphatic carbocycles. The second kappa shape index (κ2) is 4.77. The normalized spacial score (nSPS) is 10.4. The lowest BCUT2D eigenvalue weighted by Crippen LogP contribution is -2.12. The number of aromatic nitrogens is 1. The van der Waals surface area contributed by atoms with Gasteiger partial charge in [-0.05, 0) is 25.1 Å². The van der Waals surface area contributed by atoms with Crippen molar-refractivity contribution >= 4 is 34.7 Å². The van der Waals surface area contributed by atoms with Crippen molar-refractivity contribution in [1.29, 1.82) is 0 Å². The molecule has 1 heterocycles. The van der Waals surface area contributed by atoms with Crippen LogP contribution in [0.1, 0.15) is 16.1 Å². The molecule has 1 amide bonds. The number of hydrogen-bond donors (Lipinski definition) is 2. The number of nitrogens with zero attached hydrogens (tertiary/aromatic N) is 1. The third kappa shape index (κ3) is 2.78. The molecule has 0 aliphatic rings. The van der Waals surface area contributed by atoms with Crippen molar-refractivity contribution in [1.82, 2.24) is 4.98 Å². The molecule has 0 fully saturated rings. The number of benzene rings is 1. The first-order valence-corrected chi connectivity index (χ1v) is 6.55. The van der Waals surface area contributed by atoms with Gasteiger partial charge in [0.1, 0.15) is 0 Å². The fourth-order valence-corrected chi connectivity index (χ4v) is 3.28. The van der Waals surface area contributed by atoms with Gasteiger partial charge in [0, 0.05) is 21.7 Å².